The number of carbonyl (C=O) groups is 1. The van der Waals surface area contributed by atoms with Crippen LogP contribution in [0.25, 0.3) is 0 Å². The molecule has 0 aromatic heterocycles. The zero-order valence-electron chi connectivity index (χ0n) is 15.3. The van der Waals surface area contributed by atoms with Crippen molar-refractivity contribution < 1.29 is 17.9 Å². The molecule has 3 rings (SSSR count). The van der Waals surface area contributed by atoms with Gasteiger partial charge in [-0.05, 0) is 68.3 Å². The van der Waals surface area contributed by atoms with Gasteiger partial charge in [-0.3, -0.25) is 9.52 Å². The predicted octanol–water partition coefficient (Wildman–Crippen LogP) is 4.01. The van der Waals surface area contributed by atoms with E-state index in [0.717, 1.165) is 25.7 Å². The zero-order valence-corrected chi connectivity index (χ0v) is 16.1. The van der Waals surface area contributed by atoms with E-state index in [1.165, 1.54) is 12.1 Å². The van der Waals surface area contributed by atoms with Crippen LogP contribution in [0.3, 0.4) is 0 Å². The van der Waals surface area contributed by atoms with Crippen molar-refractivity contribution in [3.05, 3.63) is 48.5 Å². The van der Waals surface area contributed by atoms with Gasteiger partial charge in [-0.1, -0.05) is 12.8 Å². The monoisotopic (exact) mass is 388 g/mol. The first-order valence-electron chi connectivity index (χ1n) is 9.14. The van der Waals surface area contributed by atoms with E-state index in [0.29, 0.717) is 23.7 Å². The number of carbonyl (C=O) groups excluding carboxylic acids is 1. The van der Waals surface area contributed by atoms with E-state index < -0.39 is 10.0 Å². The predicted molar refractivity (Wildman–Crippen MR) is 105 cm³/mol. The number of nitrogens with one attached hydrogen (secondary N) is 2. The van der Waals surface area contributed by atoms with E-state index in [1.54, 1.807) is 36.4 Å². The molecule has 27 heavy (non-hydrogen) atoms. The lowest BCUT2D eigenvalue weighted by Crippen LogP contribution is -2.20. The van der Waals surface area contributed by atoms with E-state index in [4.69, 9.17) is 4.74 Å². The molecule has 0 saturated heterocycles. The number of anilines is 2. The maximum Gasteiger partial charge on any atom is 0.261 e. The van der Waals surface area contributed by atoms with Crippen LogP contribution in [0.4, 0.5) is 11.4 Å². The Morgan fingerprint density at radius 1 is 1.00 bits per heavy atom. The van der Waals surface area contributed by atoms with Crippen LogP contribution in [0.15, 0.2) is 53.4 Å². The van der Waals surface area contributed by atoms with Gasteiger partial charge >= 0.3 is 0 Å². The summed E-state index contributed by atoms with van der Waals surface area (Å²) in [6, 6.07) is 12.9. The summed E-state index contributed by atoms with van der Waals surface area (Å²) >= 11 is 0. The molecule has 0 spiro atoms. The van der Waals surface area contributed by atoms with Crippen molar-refractivity contribution in [2.24, 2.45) is 5.92 Å². The zero-order chi connectivity index (χ0) is 19.3. The van der Waals surface area contributed by atoms with Gasteiger partial charge in [0.25, 0.3) is 10.0 Å². The fourth-order valence-electron chi connectivity index (χ4n) is 3.15. The Labute approximate surface area is 160 Å². The highest BCUT2D eigenvalue weighted by Gasteiger charge is 2.22. The molecular formula is C20H24N2O4S. The minimum atomic E-state index is -3.70. The van der Waals surface area contributed by atoms with Crippen LogP contribution in [0.5, 0.6) is 5.75 Å². The van der Waals surface area contributed by atoms with Gasteiger partial charge in [-0.2, -0.15) is 0 Å². The Morgan fingerprint density at radius 2 is 1.59 bits per heavy atom. The number of hydrogen-bond acceptors (Lipinski definition) is 4. The van der Waals surface area contributed by atoms with Crippen molar-refractivity contribution in [2.75, 3.05) is 16.6 Å². The number of hydrogen-bond donors (Lipinski definition) is 2. The second-order valence-electron chi connectivity index (χ2n) is 6.56. The summed E-state index contributed by atoms with van der Waals surface area (Å²) in [6.07, 6.45) is 4.02. The van der Waals surface area contributed by atoms with Crippen molar-refractivity contribution in [3.8, 4) is 5.75 Å². The smallest absolute Gasteiger partial charge is 0.261 e. The van der Waals surface area contributed by atoms with Crippen LogP contribution >= 0.6 is 0 Å². The lowest BCUT2D eigenvalue weighted by molar-refractivity contribution is -0.119. The van der Waals surface area contributed by atoms with Gasteiger partial charge in [0.05, 0.1) is 11.5 Å². The van der Waals surface area contributed by atoms with Crippen molar-refractivity contribution in [1.29, 1.82) is 0 Å². The lowest BCUT2D eigenvalue weighted by Gasteiger charge is -2.12. The van der Waals surface area contributed by atoms with Crippen molar-refractivity contribution >= 4 is 27.3 Å². The van der Waals surface area contributed by atoms with Gasteiger partial charge in [0, 0.05) is 17.3 Å². The van der Waals surface area contributed by atoms with Crippen LogP contribution < -0.4 is 14.8 Å². The standard InChI is InChI=1S/C20H24N2O4S/c1-2-26-18-11-7-17(8-12-18)22-27(24,25)19-13-9-16(10-14-19)21-20(23)15-5-3-4-6-15/h7-15,22H,2-6H2,1H3,(H,21,23). The number of sulfonamides is 1. The van der Waals surface area contributed by atoms with Crippen LogP contribution in [0, 0.1) is 5.92 Å². The largest absolute Gasteiger partial charge is 0.494 e. The van der Waals surface area contributed by atoms with Crippen LogP contribution in [-0.4, -0.2) is 20.9 Å². The molecular weight excluding hydrogens is 364 g/mol. The van der Waals surface area contributed by atoms with E-state index in [-0.39, 0.29) is 16.7 Å². The third-order valence-electron chi connectivity index (χ3n) is 4.58. The first-order valence-corrected chi connectivity index (χ1v) is 10.6. The van der Waals surface area contributed by atoms with Gasteiger partial charge in [0.15, 0.2) is 0 Å². The first-order chi connectivity index (χ1) is 13.0. The molecule has 1 amide bonds. The van der Waals surface area contributed by atoms with E-state index in [1.807, 2.05) is 6.92 Å². The number of ether oxygens (including phenoxy) is 1. The Kier molecular flexibility index (Phi) is 6.01. The summed E-state index contributed by atoms with van der Waals surface area (Å²) in [5.41, 5.74) is 1.06. The minimum Gasteiger partial charge on any atom is -0.494 e. The molecule has 0 radical (unpaired) electrons. The second kappa shape index (κ2) is 8.43. The Bertz CT molecular complexity index is 871. The normalized spacial score (nSPS) is 14.7. The number of benzene rings is 2. The molecule has 1 aliphatic rings. The summed E-state index contributed by atoms with van der Waals surface area (Å²) < 4.78 is 32.9. The molecule has 1 aliphatic carbocycles. The Balaban J connectivity index is 1.64. The molecule has 2 N–H and O–H groups in total. The molecule has 1 saturated carbocycles. The Hall–Kier alpha value is -2.54. The molecule has 7 heteroatoms. The van der Waals surface area contributed by atoms with Crippen LogP contribution in [0.2, 0.25) is 0 Å². The molecule has 1 fully saturated rings. The highest BCUT2D eigenvalue weighted by molar-refractivity contribution is 7.92. The van der Waals surface area contributed by atoms with Crippen molar-refractivity contribution in [1.82, 2.24) is 0 Å². The molecule has 144 valence electrons. The quantitative estimate of drug-likeness (QED) is 0.750. The average molecular weight is 388 g/mol. The van der Waals surface area contributed by atoms with Gasteiger partial charge in [-0.15, -0.1) is 0 Å². The topological polar surface area (TPSA) is 84.5 Å². The van der Waals surface area contributed by atoms with E-state index in [9.17, 15) is 13.2 Å². The maximum atomic E-state index is 12.5. The molecule has 0 heterocycles. The van der Waals surface area contributed by atoms with Gasteiger partial charge in [-0.25, -0.2) is 8.42 Å². The summed E-state index contributed by atoms with van der Waals surface area (Å²) in [6.45, 7) is 2.44. The Morgan fingerprint density at radius 3 is 2.19 bits per heavy atom. The van der Waals surface area contributed by atoms with Crippen LogP contribution in [0.1, 0.15) is 32.6 Å². The summed E-state index contributed by atoms with van der Waals surface area (Å²) in [5, 5.41) is 2.86. The molecule has 0 atom stereocenters. The third kappa shape index (κ3) is 5.01. The fraction of sp³-hybridized carbons (Fsp3) is 0.350. The molecule has 0 bridgehead atoms. The lowest BCUT2D eigenvalue weighted by atomic mass is 10.1. The maximum absolute atomic E-state index is 12.5. The van der Waals surface area contributed by atoms with Crippen LogP contribution in [-0.2, 0) is 14.8 Å². The SMILES string of the molecule is CCOc1ccc(NS(=O)(=O)c2ccc(NC(=O)C3CCCC3)cc2)cc1. The molecule has 2 aromatic rings. The average Bonchev–Trinajstić information content (AvgIpc) is 3.19. The number of amides is 1. The van der Waals surface area contributed by atoms with Gasteiger partial charge in [0.2, 0.25) is 5.91 Å². The van der Waals surface area contributed by atoms with E-state index in [2.05, 4.69) is 10.0 Å². The molecule has 0 aliphatic heterocycles. The third-order valence-corrected chi connectivity index (χ3v) is 5.97. The molecule has 6 nitrogen and oxygen atoms in total. The highest BCUT2D eigenvalue weighted by atomic mass is 32.2. The van der Waals surface area contributed by atoms with Crippen molar-refractivity contribution in [2.45, 2.75) is 37.5 Å². The van der Waals surface area contributed by atoms with E-state index >= 15 is 0 Å². The molecule has 0 unspecified atom stereocenters. The fourth-order valence-corrected chi connectivity index (χ4v) is 4.21. The second-order valence-corrected chi connectivity index (χ2v) is 8.24. The highest BCUT2D eigenvalue weighted by Crippen LogP contribution is 2.26. The molecule has 2 aromatic carbocycles. The summed E-state index contributed by atoms with van der Waals surface area (Å²) in [7, 11) is -3.70. The minimum absolute atomic E-state index is 0.00983. The summed E-state index contributed by atoms with van der Waals surface area (Å²) in [5.74, 6) is 0.758. The first kappa shape index (κ1) is 19.2. The van der Waals surface area contributed by atoms with Gasteiger partial charge < -0.3 is 10.1 Å². The summed E-state index contributed by atoms with van der Waals surface area (Å²) in [4.78, 5) is 12.3. The van der Waals surface area contributed by atoms with Crippen molar-refractivity contribution in [3.63, 3.8) is 0 Å². The van der Waals surface area contributed by atoms with Gasteiger partial charge in [0.1, 0.15) is 5.75 Å². The number of rotatable bonds is 7.